The number of amides is 2. The number of nitrogens with zero attached hydrogens (tertiary/aromatic N) is 1. The minimum absolute atomic E-state index is 0.0758. The highest BCUT2D eigenvalue weighted by Crippen LogP contribution is 2.16. The maximum Gasteiger partial charge on any atom is 0.329 e. The summed E-state index contributed by atoms with van der Waals surface area (Å²) in [6, 6.07) is 16.1. The van der Waals surface area contributed by atoms with Gasteiger partial charge in [0.15, 0.2) is 0 Å². The number of carbonyl (C=O) groups is 2. The first-order chi connectivity index (χ1) is 15.2. The third kappa shape index (κ3) is 6.85. The van der Waals surface area contributed by atoms with Gasteiger partial charge >= 0.3 is 11.8 Å². The Hall–Kier alpha value is -2.80. The predicted octanol–water partition coefficient (Wildman–Crippen LogP) is 3.37. The van der Waals surface area contributed by atoms with E-state index < -0.39 is 21.8 Å². The molecule has 0 spiro atoms. The molecule has 0 aliphatic carbocycles. The van der Waals surface area contributed by atoms with Gasteiger partial charge in [-0.25, -0.2) is 18.6 Å². The molecule has 1 aromatic heterocycles. The van der Waals surface area contributed by atoms with Crippen LogP contribution in [-0.4, -0.2) is 26.4 Å². The van der Waals surface area contributed by atoms with Crippen molar-refractivity contribution in [3.05, 3.63) is 81.1 Å². The van der Waals surface area contributed by atoms with Crippen molar-refractivity contribution in [3.8, 4) is 0 Å². The summed E-state index contributed by atoms with van der Waals surface area (Å²) in [5, 5.41) is 6.10. The molecule has 2 aromatic carbocycles. The number of hydrazone groups is 1. The predicted molar refractivity (Wildman–Crippen MR) is 125 cm³/mol. The fourth-order valence-electron chi connectivity index (χ4n) is 2.38. The lowest BCUT2D eigenvalue weighted by atomic mass is 10.3. The second-order valence-electron chi connectivity index (χ2n) is 6.25. The molecule has 0 bridgehead atoms. The van der Waals surface area contributed by atoms with Crippen LogP contribution in [0.5, 0.6) is 0 Å². The van der Waals surface area contributed by atoms with Gasteiger partial charge in [-0.1, -0.05) is 37.9 Å². The number of sulfonamides is 1. The molecule has 9 nitrogen and oxygen atoms in total. The number of benzene rings is 2. The second-order valence-corrected chi connectivity index (χ2v) is 9.84. The Labute approximate surface area is 200 Å². The van der Waals surface area contributed by atoms with E-state index in [9.17, 15) is 18.0 Å². The van der Waals surface area contributed by atoms with Gasteiger partial charge < -0.3 is 9.73 Å². The lowest BCUT2D eigenvalue weighted by Crippen LogP contribution is -2.32. The third-order valence-corrected chi connectivity index (χ3v) is 6.33. The Morgan fingerprint density at radius 2 is 1.72 bits per heavy atom. The molecule has 32 heavy (non-hydrogen) atoms. The zero-order valence-corrected chi connectivity index (χ0v) is 20.2. The number of halogens is 2. The topological polar surface area (TPSA) is 130 Å². The molecule has 0 aliphatic rings. The summed E-state index contributed by atoms with van der Waals surface area (Å²) in [5.74, 6) is -1.25. The minimum Gasteiger partial charge on any atom is -0.459 e. The summed E-state index contributed by atoms with van der Waals surface area (Å²) in [5.41, 5.74) is 2.54. The number of furan rings is 1. The van der Waals surface area contributed by atoms with Crippen LogP contribution >= 0.6 is 31.9 Å². The van der Waals surface area contributed by atoms with Crippen LogP contribution in [-0.2, 0) is 26.2 Å². The zero-order valence-electron chi connectivity index (χ0n) is 16.2. The highest BCUT2D eigenvalue weighted by molar-refractivity contribution is 9.10. The molecule has 0 radical (unpaired) electrons. The maximum absolute atomic E-state index is 12.3. The molecular formula is C20H16Br2N4O5S. The van der Waals surface area contributed by atoms with E-state index in [1.165, 1.54) is 18.3 Å². The maximum atomic E-state index is 12.3. The van der Waals surface area contributed by atoms with Crippen molar-refractivity contribution in [2.45, 2.75) is 11.4 Å². The Balaban J connectivity index is 1.50. The highest BCUT2D eigenvalue weighted by Gasteiger charge is 2.15. The summed E-state index contributed by atoms with van der Waals surface area (Å²) < 4.78 is 34.0. The lowest BCUT2D eigenvalue weighted by molar-refractivity contribution is -0.136. The van der Waals surface area contributed by atoms with Crippen LogP contribution in [0.1, 0.15) is 11.5 Å². The molecular weight excluding hydrogens is 568 g/mol. The van der Waals surface area contributed by atoms with Crippen molar-refractivity contribution in [1.29, 1.82) is 0 Å². The van der Waals surface area contributed by atoms with Crippen molar-refractivity contribution in [2.24, 2.45) is 5.10 Å². The molecule has 0 atom stereocenters. The fourth-order valence-corrected chi connectivity index (χ4v) is 4.04. The van der Waals surface area contributed by atoms with Crippen molar-refractivity contribution >= 4 is 65.6 Å². The Kier molecular flexibility index (Phi) is 7.96. The molecule has 2 amide bonds. The first kappa shape index (κ1) is 23.9. The number of rotatable bonds is 7. The number of carbonyl (C=O) groups excluding carboxylic acids is 2. The van der Waals surface area contributed by atoms with E-state index in [4.69, 9.17) is 4.42 Å². The molecule has 3 rings (SSSR count). The molecule has 3 aromatic rings. The molecule has 0 saturated carbocycles. The molecule has 0 saturated heterocycles. The van der Waals surface area contributed by atoms with Gasteiger partial charge in [0, 0.05) is 14.6 Å². The van der Waals surface area contributed by atoms with E-state index in [1.807, 2.05) is 0 Å². The Morgan fingerprint density at radius 3 is 2.44 bits per heavy atom. The Morgan fingerprint density at radius 1 is 0.969 bits per heavy atom. The first-order valence-electron chi connectivity index (χ1n) is 8.97. The van der Waals surface area contributed by atoms with Crippen molar-refractivity contribution in [2.75, 3.05) is 5.32 Å². The van der Waals surface area contributed by atoms with Crippen LogP contribution in [0.4, 0.5) is 5.69 Å². The van der Waals surface area contributed by atoms with E-state index in [0.717, 1.165) is 8.95 Å². The first-order valence-corrected chi connectivity index (χ1v) is 12.0. The van der Waals surface area contributed by atoms with Crippen molar-refractivity contribution < 1.29 is 22.4 Å². The van der Waals surface area contributed by atoms with Crippen LogP contribution < -0.4 is 15.5 Å². The van der Waals surface area contributed by atoms with Gasteiger partial charge in [0.2, 0.25) is 10.0 Å². The zero-order chi connectivity index (χ0) is 23.1. The third-order valence-electron chi connectivity index (χ3n) is 3.89. The molecule has 1 heterocycles. The van der Waals surface area contributed by atoms with Crippen LogP contribution in [0.3, 0.4) is 0 Å². The quantitative estimate of drug-likeness (QED) is 0.223. The van der Waals surface area contributed by atoms with Gasteiger partial charge in [-0.15, -0.1) is 0 Å². The van der Waals surface area contributed by atoms with E-state index in [1.54, 1.807) is 48.5 Å². The Bertz CT molecular complexity index is 1260. The number of hydrogen-bond donors (Lipinski definition) is 3. The summed E-state index contributed by atoms with van der Waals surface area (Å²) >= 11 is 6.52. The number of nitrogens with one attached hydrogen (secondary N) is 3. The van der Waals surface area contributed by atoms with Crippen molar-refractivity contribution in [1.82, 2.24) is 10.1 Å². The van der Waals surface area contributed by atoms with Crippen LogP contribution in [0.2, 0.25) is 0 Å². The van der Waals surface area contributed by atoms with Gasteiger partial charge in [0.1, 0.15) is 11.5 Å². The smallest absolute Gasteiger partial charge is 0.329 e. The molecule has 166 valence electrons. The van der Waals surface area contributed by atoms with Gasteiger partial charge in [-0.05, 0) is 54.6 Å². The van der Waals surface area contributed by atoms with E-state index in [-0.39, 0.29) is 17.2 Å². The van der Waals surface area contributed by atoms with E-state index >= 15 is 0 Å². The summed E-state index contributed by atoms with van der Waals surface area (Å²) in [4.78, 5) is 23.8. The molecule has 3 N–H and O–H groups in total. The molecule has 0 unspecified atom stereocenters. The van der Waals surface area contributed by atoms with Crippen LogP contribution in [0.15, 0.2) is 84.0 Å². The monoisotopic (exact) mass is 582 g/mol. The van der Waals surface area contributed by atoms with Gasteiger partial charge in [-0.2, -0.15) is 5.10 Å². The largest absolute Gasteiger partial charge is 0.459 e. The number of anilines is 1. The van der Waals surface area contributed by atoms with Crippen molar-refractivity contribution in [3.63, 3.8) is 0 Å². The summed E-state index contributed by atoms with van der Waals surface area (Å²) in [6.45, 7) is -0.0758. The summed E-state index contributed by atoms with van der Waals surface area (Å²) in [6.07, 6.45) is 1.19. The van der Waals surface area contributed by atoms with E-state index in [0.29, 0.717) is 11.4 Å². The van der Waals surface area contributed by atoms with Gasteiger partial charge in [0.25, 0.3) is 0 Å². The van der Waals surface area contributed by atoms with E-state index in [2.05, 4.69) is 52.4 Å². The fraction of sp³-hybridized carbons (Fsp3) is 0.0500. The van der Waals surface area contributed by atoms with Crippen LogP contribution in [0, 0.1) is 0 Å². The van der Waals surface area contributed by atoms with Crippen LogP contribution in [0.25, 0.3) is 0 Å². The standard InChI is InChI=1S/C20H16Br2N4O5S/c21-13-4-8-18(9-5-13)32(29,30)24-12-17-7-6-16(31-17)11-23-26-20(28)19(27)25-15-3-1-2-14(22)10-15/h1-11,24H,12H2,(H,25,27)(H,26,28)/b23-11+. The normalized spacial score (nSPS) is 11.4. The van der Waals surface area contributed by atoms with Gasteiger partial charge in [0.05, 0.1) is 17.7 Å². The summed E-state index contributed by atoms with van der Waals surface area (Å²) in [7, 11) is -3.70. The highest BCUT2D eigenvalue weighted by atomic mass is 79.9. The number of hydrogen-bond acceptors (Lipinski definition) is 6. The van der Waals surface area contributed by atoms with Gasteiger partial charge in [-0.3, -0.25) is 9.59 Å². The molecule has 0 aliphatic heterocycles. The molecule has 12 heteroatoms. The lowest BCUT2D eigenvalue weighted by Gasteiger charge is -2.05. The molecule has 0 fully saturated rings. The second kappa shape index (κ2) is 10.7. The average molecular weight is 584 g/mol. The minimum atomic E-state index is -3.70. The SMILES string of the molecule is O=C(N/N=C/c1ccc(CNS(=O)(=O)c2ccc(Br)cc2)o1)C(=O)Nc1cccc(Br)c1. The average Bonchev–Trinajstić information content (AvgIpc) is 3.20.